The lowest BCUT2D eigenvalue weighted by atomic mass is 10.2. The summed E-state index contributed by atoms with van der Waals surface area (Å²) >= 11 is 0. The smallest absolute Gasteiger partial charge is 0.147 e. The third kappa shape index (κ3) is 4.37. The maximum Gasteiger partial charge on any atom is 0.147 e. The molecule has 2 aromatic heterocycles. The third-order valence-electron chi connectivity index (χ3n) is 3.99. The predicted octanol–water partition coefficient (Wildman–Crippen LogP) is -0.147. The van der Waals surface area contributed by atoms with E-state index in [0.29, 0.717) is 26.2 Å². The number of aliphatic hydroxyl groups is 1. The lowest BCUT2D eigenvalue weighted by molar-refractivity contribution is -0.0500. The summed E-state index contributed by atoms with van der Waals surface area (Å²) in [6.45, 7) is 7.96. The van der Waals surface area contributed by atoms with Crippen LogP contribution in [0.2, 0.25) is 0 Å². The molecule has 0 radical (unpaired) electrons. The minimum atomic E-state index is -0.441. The molecule has 1 saturated heterocycles. The van der Waals surface area contributed by atoms with Gasteiger partial charge in [0.2, 0.25) is 0 Å². The zero-order valence-corrected chi connectivity index (χ0v) is 13.7. The monoisotopic (exact) mass is 320 g/mol. The fourth-order valence-electron chi connectivity index (χ4n) is 2.96. The van der Waals surface area contributed by atoms with Crippen LogP contribution in [-0.2, 0) is 17.8 Å². The van der Waals surface area contributed by atoms with Gasteiger partial charge in [0.1, 0.15) is 11.6 Å². The normalized spacial score (nSPS) is 20.7. The Kier molecular flexibility index (Phi) is 5.04. The van der Waals surface area contributed by atoms with Gasteiger partial charge in [0, 0.05) is 32.0 Å². The van der Waals surface area contributed by atoms with Crippen molar-refractivity contribution in [2.45, 2.75) is 39.1 Å². The Morgan fingerprint density at radius 3 is 2.96 bits per heavy atom. The van der Waals surface area contributed by atoms with E-state index < -0.39 is 6.10 Å². The summed E-state index contributed by atoms with van der Waals surface area (Å²) in [6.07, 6.45) is 3.21. The minimum Gasteiger partial charge on any atom is -0.390 e. The standard InChI is InChI=1S/C15H24N6O2/c1-12-17-13(2)21(18-12)11-15-10-19(6-7-23-15)8-14(22)9-20-5-3-4-16-20/h3-5,14-15,22H,6-11H2,1-2H3. The van der Waals surface area contributed by atoms with Crippen molar-refractivity contribution in [1.29, 1.82) is 0 Å². The summed E-state index contributed by atoms with van der Waals surface area (Å²) in [5.74, 6) is 1.69. The van der Waals surface area contributed by atoms with Crippen molar-refractivity contribution in [1.82, 2.24) is 29.4 Å². The number of aromatic nitrogens is 5. The van der Waals surface area contributed by atoms with Gasteiger partial charge in [-0.25, -0.2) is 9.67 Å². The van der Waals surface area contributed by atoms with Crippen LogP contribution in [-0.4, -0.2) is 73.0 Å². The fourth-order valence-corrected chi connectivity index (χ4v) is 2.96. The highest BCUT2D eigenvalue weighted by Crippen LogP contribution is 2.10. The van der Waals surface area contributed by atoms with E-state index in [0.717, 1.165) is 24.7 Å². The van der Waals surface area contributed by atoms with Gasteiger partial charge in [-0.1, -0.05) is 0 Å². The molecule has 0 amide bonds. The molecule has 0 bridgehead atoms. The summed E-state index contributed by atoms with van der Waals surface area (Å²) in [7, 11) is 0. The molecule has 8 heteroatoms. The van der Waals surface area contributed by atoms with Crippen molar-refractivity contribution in [2.24, 2.45) is 0 Å². The third-order valence-corrected chi connectivity index (χ3v) is 3.99. The highest BCUT2D eigenvalue weighted by atomic mass is 16.5. The van der Waals surface area contributed by atoms with E-state index in [1.165, 1.54) is 0 Å². The number of rotatable bonds is 6. The zero-order valence-electron chi connectivity index (χ0n) is 13.7. The van der Waals surface area contributed by atoms with Gasteiger partial charge in [0.25, 0.3) is 0 Å². The van der Waals surface area contributed by atoms with Crippen LogP contribution in [0.1, 0.15) is 11.6 Å². The van der Waals surface area contributed by atoms with Crippen LogP contribution in [0.5, 0.6) is 0 Å². The molecule has 1 aliphatic rings. The Morgan fingerprint density at radius 2 is 2.26 bits per heavy atom. The van der Waals surface area contributed by atoms with E-state index >= 15 is 0 Å². The number of aliphatic hydroxyl groups excluding tert-OH is 1. The molecule has 0 spiro atoms. The van der Waals surface area contributed by atoms with Crippen LogP contribution in [0.3, 0.4) is 0 Å². The summed E-state index contributed by atoms with van der Waals surface area (Å²) < 4.78 is 9.48. The molecule has 1 fully saturated rings. The molecule has 2 aromatic rings. The second-order valence-electron chi connectivity index (χ2n) is 6.02. The van der Waals surface area contributed by atoms with E-state index in [2.05, 4.69) is 20.1 Å². The Hall–Kier alpha value is -1.77. The zero-order chi connectivity index (χ0) is 16.2. The van der Waals surface area contributed by atoms with E-state index in [4.69, 9.17) is 4.74 Å². The number of β-amino-alcohol motifs (C(OH)–C–C–N with tert-alkyl or cyclic N) is 1. The molecule has 8 nitrogen and oxygen atoms in total. The molecule has 3 rings (SSSR count). The highest BCUT2D eigenvalue weighted by Gasteiger charge is 2.23. The first-order valence-corrected chi connectivity index (χ1v) is 7.97. The molecular weight excluding hydrogens is 296 g/mol. The van der Waals surface area contributed by atoms with Crippen LogP contribution >= 0.6 is 0 Å². The van der Waals surface area contributed by atoms with Crippen molar-refractivity contribution in [3.8, 4) is 0 Å². The highest BCUT2D eigenvalue weighted by molar-refractivity contribution is 4.89. The Balaban J connectivity index is 1.50. The maximum atomic E-state index is 10.2. The van der Waals surface area contributed by atoms with Crippen molar-refractivity contribution in [3.63, 3.8) is 0 Å². The first-order valence-electron chi connectivity index (χ1n) is 7.97. The summed E-state index contributed by atoms with van der Waals surface area (Å²) in [5, 5.41) is 18.7. The van der Waals surface area contributed by atoms with Gasteiger partial charge < -0.3 is 9.84 Å². The molecule has 1 N–H and O–H groups in total. The van der Waals surface area contributed by atoms with Gasteiger partial charge in [-0.2, -0.15) is 10.2 Å². The number of hydrogen-bond donors (Lipinski definition) is 1. The van der Waals surface area contributed by atoms with Gasteiger partial charge in [0.05, 0.1) is 31.9 Å². The molecule has 2 unspecified atom stereocenters. The number of nitrogens with zero attached hydrogens (tertiary/aromatic N) is 6. The quantitative estimate of drug-likeness (QED) is 0.797. The van der Waals surface area contributed by atoms with Crippen molar-refractivity contribution in [2.75, 3.05) is 26.2 Å². The van der Waals surface area contributed by atoms with Crippen LogP contribution in [0, 0.1) is 13.8 Å². The van der Waals surface area contributed by atoms with Crippen LogP contribution < -0.4 is 0 Å². The molecule has 3 heterocycles. The molecule has 23 heavy (non-hydrogen) atoms. The molecule has 0 aromatic carbocycles. The van der Waals surface area contributed by atoms with E-state index in [9.17, 15) is 5.11 Å². The minimum absolute atomic E-state index is 0.0699. The Morgan fingerprint density at radius 1 is 1.39 bits per heavy atom. The molecule has 0 aliphatic carbocycles. The van der Waals surface area contributed by atoms with E-state index in [-0.39, 0.29) is 6.10 Å². The fraction of sp³-hybridized carbons (Fsp3) is 0.667. The summed E-state index contributed by atoms with van der Waals surface area (Å²) in [5.41, 5.74) is 0. The molecule has 126 valence electrons. The van der Waals surface area contributed by atoms with Crippen LogP contribution in [0.15, 0.2) is 18.5 Å². The summed E-state index contributed by atoms with van der Waals surface area (Å²) in [4.78, 5) is 6.56. The van der Waals surface area contributed by atoms with Gasteiger partial charge >= 0.3 is 0 Å². The lowest BCUT2D eigenvalue weighted by Crippen LogP contribution is -2.47. The number of hydrogen-bond acceptors (Lipinski definition) is 6. The molecule has 1 aliphatic heterocycles. The predicted molar refractivity (Wildman–Crippen MR) is 83.9 cm³/mol. The SMILES string of the molecule is Cc1nc(C)n(CC2CN(CC(O)Cn3cccn3)CCO2)n1. The second-order valence-corrected chi connectivity index (χ2v) is 6.02. The topological polar surface area (TPSA) is 81.2 Å². The van der Waals surface area contributed by atoms with Crippen molar-refractivity contribution < 1.29 is 9.84 Å². The second kappa shape index (κ2) is 7.20. The van der Waals surface area contributed by atoms with E-state index in [1.807, 2.05) is 30.8 Å². The Labute approximate surface area is 135 Å². The number of ether oxygens (including phenoxy) is 1. The van der Waals surface area contributed by atoms with Gasteiger partial charge in [-0.05, 0) is 19.9 Å². The molecular formula is C15H24N6O2. The molecule has 0 saturated carbocycles. The number of morpholine rings is 1. The lowest BCUT2D eigenvalue weighted by Gasteiger charge is -2.34. The average molecular weight is 320 g/mol. The van der Waals surface area contributed by atoms with Crippen LogP contribution in [0.4, 0.5) is 0 Å². The molecule has 2 atom stereocenters. The van der Waals surface area contributed by atoms with Gasteiger partial charge in [-0.15, -0.1) is 0 Å². The number of aryl methyl sites for hydroxylation is 2. The average Bonchev–Trinajstić information content (AvgIpc) is 3.09. The van der Waals surface area contributed by atoms with Gasteiger partial charge in [-0.3, -0.25) is 9.58 Å². The first-order chi connectivity index (χ1) is 11.1. The Bertz CT molecular complexity index is 612. The van der Waals surface area contributed by atoms with Gasteiger partial charge in [0.15, 0.2) is 0 Å². The summed E-state index contributed by atoms with van der Waals surface area (Å²) in [6, 6.07) is 1.86. The first kappa shape index (κ1) is 16.1. The van der Waals surface area contributed by atoms with Crippen LogP contribution in [0.25, 0.3) is 0 Å². The largest absolute Gasteiger partial charge is 0.390 e. The van der Waals surface area contributed by atoms with E-state index in [1.54, 1.807) is 10.9 Å². The maximum absolute atomic E-state index is 10.2. The van der Waals surface area contributed by atoms with Crippen molar-refractivity contribution in [3.05, 3.63) is 30.1 Å². The van der Waals surface area contributed by atoms with Crippen molar-refractivity contribution >= 4 is 0 Å².